The second-order valence-corrected chi connectivity index (χ2v) is 8.80. The van der Waals surface area contributed by atoms with E-state index in [0.717, 1.165) is 29.2 Å². The van der Waals surface area contributed by atoms with E-state index in [2.05, 4.69) is 12.2 Å². The van der Waals surface area contributed by atoms with E-state index in [0.29, 0.717) is 19.0 Å². The Morgan fingerprint density at radius 1 is 1.13 bits per heavy atom. The van der Waals surface area contributed by atoms with Gasteiger partial charge in [-0.15, -0.1) is 0 Å². The summed E-state index contributed by atoms with van der Waals surface area (Å²) in [5, 5.41) is 4.89. The Kier molecular flexibility index (Phi) is 7.66. The first-order chi connectivity index (χ1) is 14.8. The van der Waals surface area contributed by atoms with Gasteiger partial charge in [-0.25, -0.2) is 4.79 Å². The molecule has 1 aliphatic heterocycles. The second kappa shape index (κ2) is 10.4. The normalized spacial score (nSPS) is 17.4. The Balaban J connectivity index is 1.57. The Morgan fingerprint density at radius 2 is 1.87 bits per heavy atom. The Morgan fingerprint density at radius 3 is 2.61 bits per heavy atom. The molecule has 1 N–H and O–H groups in total. The number of carbonyl (C=O) groups excluding carboxylic acids is 3. The van der Waals surface area contributed by atoms with Gasteiger partial charge >= 0.3 is 5.97 Å². The van der Waals surface area contributed by atoms with E-state index in [9.17, 15) is 14.4 Å². The van der Waals surface area contributed by atoms with Gasteiger partial charge in [0.1, 0.15) is 6.04 Å². The number of piperidine rings is 1. The molecule has 0 aliphatic carbocycles. The van der Waals surface area contributed by atoms with E-state index in [1.54, 1.807) is 4.90 Å². The molecule has 6 heteroatoms. The molecule has 0 unspecified atom stereocenters. The van der Waals surface area contributed by atoms with E-state index in [1.165, 1.54) is 0 Å². The van der Waals surface area contributed by atoms with Crippen LogP contribution < -0.4 is 5.32 Å². The van der Waals surface area contributed by atoms with E-state index in [1.807, 2.05) is 56.3 Å². The molecule has 166 valence electrons. The lowest BCUT2D eigenvalue weighted by atomic mass is 10.0. The molecule has 6 nitrogen and oxygen atoms in total. The maximum Gasteiger partial charge on any atom is 0.329 e. The molecule has 2 aromatic carbocycles. The number of benzene rings is 2. The fourth-order valence-corrected chi connectivity index (χ4v) is 4.07. The van der Waals surface area contributed by atoms with Gasteiger partial charge in [0.15, 0.2) is 6.61 Å². The minimum atomic E-state index is -0.796. The first-order valence-corrected chi connectivity index (χ1v) is 11.1. The van der Waals surface area contributed by atoms with Crippen LogP contribution in [0.4, 0.5) is 0 Å². The quantitative estimate of drug-likeness (QED) is 0.692. The number of hydrogen-bond donors (Lipinski definition) is 1. The smallest absolute Gasteiger partial charge is 0.329 e. The summed E-state index contributed by atoms with van der Waals surface area (Å²) < 4.78 is 5.29. The Bertz CT molecular complexity index is 935. The van der Waals surface area contributed by atoms with Gasteiger partial charge in [0, 0.05) is 13.1 Å². The number of nitrogens with one attached hydrogen (secondary N) is 1. The number of ether oxygens (including phenoxy) is 1. The molecule has 3 rings (SSSR count). The van der Waals surface area contributed by atoms with Crippen molar-refractivity contribution in [3.8, 4) is 0 Å². The van der Waals surface area contributed by atoms with Crippen LogP contribution in [0.15, 0.2) is 42.5 Å². The monoisotopic (exact) mass is 424 g/mol. The van der Waals surface area contributed by atoms with Crippen LogP contribution in [0, 0.1) is 11.8 Å². The number of hydrogen-bond acceptors (Lipinski definition) is 4. The van der Waals surface area contributed by atoms with E-state index < -0.39 is 12.0 Å². The lowest BCUT2D eigenvalue weighted by Gasteiger charge is -2.31. The van der Waals surface area contributed by atoms with Gasteiger partial charge in [-0.2, -0.15) is 0 Å². The van der Waals surface area contributed by atoms with Gasteiger partial charge in [0.2, 0.25) is 5.91 Å². The number of amides is 2. The summed E-state index contributed by atoms with van der Waals surface area (Å²) in [6.45, 7) is 6.93. The molecule has 0 saturated carbocycles. The molecule has 0 bridgehead atoms. The second-order valence-electron chi connectivity index (χ2n) is 8.80. The molecule has 1 saturated heterocycles. The van der Waals surface area contributed by atoms with Crippen LogP contribution in [0.3, 0.4) is 0 Å². The predicted octanol–water partition coefficient (Wildman–Crippen LogP) is 3.32. The molecule has 0 aromatic heterocycles. The summed E-state index contributed by atoms with van der Waals surface area (Å²) in [4.78, 5) is 39.5. The van der Waals surface area contributed by atoms with E-state index in [4.69, 9.17) is 4.74 Å². The first kappa shape index (κ1) is 22.8. The zero-order chi connectivity index (χ0) is 22.4. The van der Waals surface area contributed by atoms with Crippen molar-refractivity contribution in [2.24, 2.45) is 11.8 Å². The third-order valence-corrected chi connectivity index (χ3v) is 5.82. The fourth-order valence-electron chi connectivity index (χ4n) is 4.07. The summed E-state index contributed by atoms with van der Waals surface area (Å²) in [6.07, 6.45) is 2.25. The van der Waals surface area contributed by atoms with Gasteiger partial charge in [-0.05, 0) is 41.0 Å². The average molecular weight is 425 g/mol. The number of carbonyl (C=O) groups is 3. The highest BCUT2D eigenvalue weighted by Gasteiger charge is 2.28. The zero-order valence-corrected chi connectivity index (χ0v) is 18.6. The van der Waals surface area contributed by atoms with Gasteiger partial charge < -0.3 is 15.0 Å². The van der Waals surface area contributed by atoms with Crippen molar-refractivity contribution < 1.29 is 19.1 Å². The largest absolute Gasteiger partial charge is 0.454 e. The number of nitrogens with zero attached hydrogens (tertiary/aromatic N) is 1. The van der Waals surface area contributed by atoms with Gasteiger partial charge in [-0.3, -0.25) is 9.59 Å². The lowest BCUT2D eigenvalue weighted by Crippen LogP contribution is -2.47. The van der Waals surface area contributed by atoms with Crippen LogP contribution in [-0.2, 0) is 25.5 Å². The molecule has 2 aromatic rings. The molecule has 2 amide bonds. The third-order valence-electron chi connectivity index (χ3n) is 5.82. The number of esters is 1. The molecular formula is C25H32N2O4. The van der Waals surface area contributed by atoms with Crippen molar-refractivity contribution in [1.29, 1.82) is 0 Å². The minimum Gasteiger partial charge on any atom is -0.454 e. The van der Waals surface area contributed by atoms with Crippen LogP contribution in [-0.4, -0.2) is 48.4 Å². The predicted molar refractivity (Wildman–Crippen MR) is 120 cm³/mol. The lowest BCUT2D eigenvalue weighted by molar-refractivity contribution is -0.156. The molecule has 31 heavy (non-hydrogen) atoms. The van der Waals surface area contributed by atoms with Gasteiger partial charge in [0.25, 0.3) is 5.91 Å². The molecular weight excluding hydrogens is 392 g/mol. The van der Waals surface area contributed by atoms with Crippen LogP contribution in [0.25, 0.3) is 10.8 Å². The van der Waals surface area contributed by atoms with Crippen molar-refractivity contribution in [2.75, 3.05) is 19.7 Å². The summed E-state index contributed by atoms with van der Waals surface area (Å²) in [6, 6.07) is 12.9. The number of rotatable bonds is 7. The highest BCUT2D eigenvalue weighted by Crippen LogP contribution is 2.19. The fraction of sp³-hybridized carbons (Fsp3) is 0.480. The van der Waals surface area contributed by atoms with E-state index >= 15 is 0 Å². The molecule has 0 spiro atoms. The van der Waals surface area contributed by atoms with Crippen LogP contribution in [0.1, 0.15) is 39.2 Å². The zero-order valence-electron chi connectivity index (χ0n) is 18.6. The molecule has 1 heterocycles. The highest BCUT2D eigenvalue weighted by molar-refractivity contribution is 5.92. The molecule has 1 fully saturated rings. The van der Waals surface area contributed by atoms with Crippen molar-refractivity contribution in [3.63, 3.8) is 0 Å². The average Bonchev–Trinajstić information content (AvgIpc) is 2.75. The molecule has 2 atom stereocenters. The topological polar surface area (TPSA) is 75.7 Å². The van der Waals surface area contributed by atoms with E-state index in [-0.39, 0.29) is 30.8 Å². The van der Waals surface area contributed by atoms with Crippen molar-refractivity contribution >= 4 is 28.6 Å². The Labute approximate surface area is 183 Å². The van der Waals surface area contributed by atoms with Gasteiger partial charge in [0.05, 0.1) is 6.42 Å². The van der Waals surface area contributed by atoms with Crippen LogP contribution >= 0.6 is 0 Å². The maximum absolute atomic E-state index is 12.7. The van der Waals surface area contributed by atoms with Crippen molar-refractivity contribution in [3.05, 3.63) is 48.0 Å². The maximum atomic E-state index is 12.7. The Hall–Kier alpha value is -2.89. The standard InChI is InChI=1S/C25H32N2O4/c1-17(2)24(25(30)31-16-23(29)27-13-7-8-18(3)15-27)26-22(28)14-20-11-6-10-19-9-4-5-12-21(19)20/h4-6,9-12,17-18,24H,7-8,13-16H2,1-3H3,(H,26,28)/t18-,24-/m0/s1. The summed E-state index contributed by atoms with van der Waals surface area (Å²) >= 11 is 0. The third kappa shape index (κ3) is 6.06. The number of fused-ring (bicyclic) bond motifs is 1. The summed E-state index contributed by atoms with van der Waals surface area (Å²) in [7, 11) is 0. The molecule has 1 aliphatic rings. The van der Waals surface area contributed by atoms with Crippen molar-refractivity contribution in [2.45, 2.75) is 46.1 Å². The van der Waals surface area contributed by atoms with Gasteiger partial charge in [-0.1, -0.05) is 63.2 Å². The first-order valence-electron chi connectivity index (χ1n) is 11.1. The van der Waals surface area contributed by atoms with Crippen LogP contribution in [0.2, 0.25) is 0 Å². The highest BCUT2D eigenvalue weighted by atomic mass is 16.5. The minimum absolute atomic E-state index is 0.158. The SMILES string of the molecule is CC(C)[C@H](NC(=O)Cc1cccc2ccccc12)C(=O)OCC(=O)N1CCC[C@H](C)C1. The summed E-state index contributed by atoms with van der Waals surface area (Å²) in [5.41, 5.74) is 0.904. The van der Waals surface area contributed by atoms with Crippen LogP contribution in [0.5, 0.6) is 0 Å². The summed E-state index contributed by atoms with van der Waals surface area (Å²) in [5.74, 6) is -0.688. The van der Waals surface area contributed by atoms with Crippen molar-refractivity contribution in [1.82, 2.24) is 10.2 Å². The molecule has 0 radical (unpaired) electrons. The number of likely N-dealkylation sites (tertiary alicyclic amines) is 1.